The van der Waals surface area contributed by atoms with Gasteiger partial charge in [0.25, 0.3) is 0 Å². The van der Waals surface area contributed by atoms with Gasteiger partial charge in [-0.05, 0) is 60.7 Å². The number of fused-ring (bicyclic) bond motifs is 12. The molecule has 3 heteroatoms. The van der Waals surface area contributed by atoms with Gasteiger partial charge in [-0.1, -0.05) is 0 Å². The highest BCUT2D eigenvalue weighted by molar-refractivity contribution is 5.20. The van der Waals surface area contributed by atoms with Gasteiger partial charge in [0.2, 0.25) is 0 Å². The molecule has 0 aromatic heterocycles. The maximum absolute atomic E-state index is 5.91. The number of rotatable bonds is 4. The van der Waals surface area contributed by atoms with E-state index >= 15 is 0 Å². The number of hydrogen-bond acceptors (Lipinski definition) is 3. The lowest BCUT2D eigenvalue weighted by atomic mass is 9.68. The maximum atomic E-state index is 5.91. The Morgan fingerprint density at radius 3 is 2.58 bits per heavy atom. The molecule has 6 rings (SSSR count). The Labute approximate surface area is 114 Å². The summed E-state index contributed by atoms with van der Waals surface area (Å²) in [6, 6.07) is 0. The van der Waals surface area contributed by atoms with Crippen molar-refractivity contribution in [2.75, 3.05) is 19.8 Å². The van der Waals surface area contributed by atoms with Crippen molar-refractivity contribution >= 4 is 0 Å². The van der Waals surface area contributed by atoms with Crippen molar-refractivity contribution in [3.63, 3.8) is 0 Å². The van der Waals surface area contributed by atoms with E-state index in [2.05, 4.69) is 0 Å². The zero-order valence-electron chi connectivity index (χ0n) is 11.2. The van der Waals surface area contributed by atoms with E-state index in [0.717, 1.165) is 61.2 Å². The van der Waals surface area contributed by atoms with Crippen LogP contribution in [0.25, 0.3) is 0 Å². The van der Waals surface area contributed by atoms with Crippen molar-refractivity contribution in [3.05, 3.63) is 0 Å². The minimum atomic E-state index is 0.425. The zero-order chi connectivity index (χ0) is 12.1. The molecule has 19 heavy (non-hydrogen) atoms. The molecule has 6 aliphatic rings. The van der Waals surface area contributed by atoms with Gasteiger partial charge in [-0.15, -0.1) is 0 Å². The second kappa shape index (κ2) is 3.37. The first-order chi connectivity index (χ1) is 9.40. The molecule has 0 aromatic carbocycles. The Hall–Kier alpha value is -0.120. The third-order valence-electron chi connectivity index (χ3n) is 7.25. The lowest BCUT2D eigenvalue weighted by Gasteiger charge is -2.37. The molecule has 4 aliphatic carbocycles. The van der Waals surface area contributed by atoms with E-state index in [9.17, 15) is 0 Å². The molecule has 3 nitrogen and oxygen atoms in total. The first-order valence-corrected chi connectivity index (χ1v) is 8.25. The Morgan fingerprint density at radius 1 is 0.895 bits per heavy atom. The zero-order valence-corrected chi connectivity index (χ0v) is 11.2. The smallest absolute Gasteiger partial charge is 0.104 e. The molecule has 104 valence electrons. The maximum Gasteiger partial charge on any atom is 0.104 e. The summed E-state index contributed by atoms with van der Waals surface area (Å²) in [4.78, 5) is 0. The number of epoxide rings is 2. The number of hydrogen-bond donors (Lipinski definition) is 0. The van der Waals surface area contributed by atoms with Crippen molar-refractivity contribution in [1.29, 1.82) is 0 Å². The molecule has 4 bridgehead atoms. The van der Waals surface area contributed by atoms with Crippen molar-refractivity contribution in [1.82, 2.24) is 0 Å². The summed E-state index contributed by atoms with van der Waals surface area (Å²) in [6.45, 7) is 2.75. The van der Waals surface area contributed by atoms with Crippen LogP contribution in [0.5, 0.6) is 0 Å². The molecule has 0 amide bonds. The Morgan fingerprint density at radius 2 is 1.74 bits per heavy atom. The normalized spacial score (nSPS) is 66.3. The summed E-state index contributed by atoms with van der Waals surface area (Å²) in [5.74, 6) is 6.78. The minimum Gasteiger partial charge on any atom is -0.378 e. The fourth-order valence-corrected chi connectivity index (χ4v) is 6.69. The van der Waals surface area contributed by atoms with Crippen LogP contribution in [0.1, 0.15) is 19.3 Å². The molecule has 2 aliphatic heterocycles. The van der Waals surface area contributed by atoms with Crippen LogP contribution in [-0.4, -0.2) is 38.1 Å². The number of ether oxygens (including phenoxy) is 3. The summed E-state index contributed by atoms with van der Waals surface area (Å²) in [5.41, 5.74) is 0. The Kier molecular flexibility index (Phi) is 1.88. The summed E-state index contributed by atoms with van der Waals surface area (Å²) in [6.07, 6.45) is 6.27. The van der Waals surface area contributed by atoms with Crippen LogP contribution in [0.3, 0.4) is 0 Å². The fraction of sp³-hybridized carbons (Fsp3) is 1.00. The lowest BCUT2D eigenvalue weighted by molar-refractivity contribution is 0.0325. The van der Waals surface area contributed by atoms with Crippen LogP contribution >= 0.6 is 0 Å². The van der Waals surface area contributed by atoms with Gasteiger partial charge in [-0.25, -0.2) is 0 Å². The predicted molar refractivity (Wildman–Crippen MR) is 67.5 cm³/mol. The minimum absolute atomic E-state index is 0.425. The monoisotopic (exact) mass is 262 g/mol. The summed E-state index contributed by atoms with van der Waals surface area (Å²) < 4.78 is 17.0. The van der Waals surface area contributed by atoms with Crippen LogP contribution in [0.2, 0.25) is 0 Å². The Bertz CT molecular complexity index is 420. The topological polar surface area (TPSA) is 34.3 Å². The summed E-state index contributed by atoms with van der Waals surface area (Å²) >= 11 is 0. The van der Waals surface area contributed by atoms with Crippen LogP contribution in [-0.2, 0) is 14.2 Å². The van der Waals surface area contributed by atoms with Crippen LogP contribution in [0, 0.1) is 41.4 Å². The van der Waals surface area contributed by atoms with E-state index in [4.69, 9.17) is 14.2 Å². The van der Waals surface area contributed by atoms with E-state index in [1.165, 1.54) is 19.3 Å². The molecular weight excluding hydrogens is 240 g/mol. The van der Waals surface area contributed by atoms with E-state index in [-0.39, 0.29) is 0 Å². The van der Waals surface area contributed by atoms with Crippen molar-refractivity contribution < 1.29 is 14.2 Å². The molecular formula is C16H22O3. The third kappa shape index (κ3) is 1.30. The van der Waals surface area contributed by atoms with Gasteiger partial charge in [0.05, 0.1) is 25.4 Å². The van der Waals surface area contributed by atoms with Crippen LogP contribution in [0.15, 0.2) is 0 Å². The molecule has 0 N–H and O–H groups in total. The molecule has 0 radical (unpaired) electrons. The standard InChI is InChI=1S/C16H22O3/c1-7-2-10(8(1)4-17-5-9-6-18-9)14-12-3-11(13(7)14)15-16(12)19-15/h7-16H,1-6H2. The van der Waals surface area contributed by atoms with Gasteiger partial charge < -0.3 is 14.2 Å². The average molecular weight is 262 g/mol. The van der Waals surface area contributed by atoms with Crippen molar-refractivity contribution in [2.45, 2.75) is 37.6 Å². The van der Waals surface area contributed by atoms with Crippen LogP contribution in [0.4, 0.5) is 0 Å². The fourth-order valence-electron chi connectivity index (χ4n) is 6.69. The van der Waals surface area contributed by atoms with Crippen LogP contribution < -0.4 is 0 Å². The third-order valence-corrected chi connectivity index (χ3v) is 7.25. The predicted octanol–water partition coefficient (Wildman–Crippen LogP) is 1.71. The highest BCUT2D eigenvalue weighted by Gasteiger charge is 2.73. The van der Waals surface area contributed by atoms with Gasteiger partial charge in [0.15, 0.2) is 0 Å². The molecule has 4 saturated carbocycles. The van der Waals surface area contributed by atoms with E-state index < -0.39 is 0 Å². The second-order valence-corrected chi connectivity index (χ2v) is 7.93. The quantitative estimate of drug-likeness (QED) is 0.571. The van der Waals surface area contributed by atoms with Gasteiger partial charge >= 0.3 is 0 Å². The highest BCUT2D eigenvalue weighted by Crippen LogP contribution is 2.72. The van der Waals surface area contributed by atoms with E-state index in [1.807, 2.05) is 0 Å². The van der Waals surface area contributed by atoms with E-state index in [0.29, 0.717) is 18.3 Å². The lowest BCUT2D eigenvalue weighted by Crippen LogP contribution is -2.37. The molecule has 0 aromatic rings. The van der Waals surface area contributed by atoms with Crippen molar-refractivity contribution in [3.8, 4) is 0 Å². The molecule has 10 atom stereocenters. The van der Waals surface area contributed by atoms with Gasteiger partial charge in [-0.2, -0.15) is 0 Å². The second-order valence-electron chi connectivity index (χ2n) is 7.93. The first kappa shape index (κ1) is 10.6. The highest BCUT2D eigenvalue weighted by atomic mass is 16.6. The molecule has 6 fully saturated rings. The molecule has 10 unspecified atom stereocenters. The van der Waals surface area contributed by atoms with Crippen molar-refractivity contribution in [2.24, 2.45) is 41.4 Å². The summed E-state index contributed by atoms with van der Waals surface area (Å²) in [7, 11) is 0. The van der Waals surface area contributed by atoms with Gasteiger partial charge in [0.1, 0.15) is 6.10 Å². The first-order valence-electron chi connectivity index (χ1n) is 8.25. The molecule has 0 spiro atoms. The van der Waals surface area contributed by atoms with E-state index in [1.54, 1.807) is 0 Å². The largest absolute Gasteiger partial charge is 0.378 e. The average Bonchev–Trinajstić information content (AvgIpc) is 3.25. The van der Waals surface area contributed by atoms with Gasteiger partial charge in [-0.3, -0.25) is 0 Å². The summed E-state index contributed by atoms with van der Waals surface area (Å²) in [5, 5.41) is 0. The van der Waals surface area contributed by atoms with Gasteiger partial charge in [0, 0.05) is 6.61 Å². The molecule has 2 heterocycles. The molecule has 2 saturated heterocycles. The SMILES string of the molecule is C(OCC1CC2CC1C1C3CC(C4OC34)C21)C1CO1. The Balaban J connectivity index is 1.18.